The van der Waals surface area contributed by atoms with Gasteiger partial charge in [-0.25, -0.2) is 17.9 Å². The molecule has 1 aliphatic rings. The summed E-state index contributed by atoms with van der Waals surface area (Å²) < 4.78 is 26.1. The van der Waals surface area contributed by atoms with E-state index in [9.17, 15) is 18.0 Å². The van der Waals surface area contributed by atoms with Gasteiger partial charge in [-0.15, -0.1) is 0 Å². The molecule has 110 valence electrons. The molecule has 0 aliphatic heterocycles. The van der Waals surface area contributed by atoms with Crippen molar-refractivity contribution in [3.05, 3.63) is 11.4 Å². The molecule has 1 aliphatic carbocycles. The molecule has 10 heteroatoms. The summed E-state index contributed by atoms with van der Waals surface area (Å²) in [6.45, 7) is 0.945. The van der Waals surface area contributed by atoms with Crippen LogP contribution >= 0.6 is 0 Å². The topological polar surface area (TPSA) is 141 Å². The van der Waals surface area contributed by atoms with Crippen LogP contribution in [0, 0.1) is 6.92 Å². The van der Waals surface area contributed by atoms with Gasteiger partial charge >= 0.3 is 5.97 Å². The van der Waals surface area contributed by atoms with Crippen molar-refractivity contribution in [3.8, 4) is 0 Å². The number of carboxylic acid groups (broad SMARTS) is 1. The standard InChI is InChI=1S/C10H14N4O5S/c1-5-9(8(10(16)17)14-13-5)20(18,19)11-4-7(15)12-6-2-3-6/h6,11H,2-4H2,1H3,(H,12,15)(H,13,14)(H,16,17). The molecule has 0 atom stereocenters. The van der Waals surface area contributed by atoms with Crippen molar-refractivity contribution in [3.63, 3.8) is 0 Å². The summed E-state index contributed by atoms with van der Waals surface area (Å²) in [5.74, 6) is -1.91. The second-order valence-corrected chi connectivity index (χ2v) is 6.20. The van der Waals surface area contributed by atoms with Gasteiger partial charge in [-0.05, 0) is 19.8 Å². The highest BCUT2D eigenvalue weighted by Crippen LogP contribution is 2.19. The van der Waals surface area contributed by atoms with Crippen LogP contribution in [0.25, 0.3) is 0 Å². The zero-order valence-corrected chi connectivity index (χ0v) is 11.5. The number of amides is 1. The number of hydrogen-bond donors (Lipinski definition) is 4. The maximum absolute atomic E-state index is 12.0. The SMILES string of the molecule is Cc1[nH]nc(C(=O)O)c1S(=O)(=O)NCC(=O)NC1CC1. The number of aromatic carboxylic acids is 1. The lowest BCUT2D eigenvalue weighted by molar-refractivity contribution is -0.120. The highest BCUT2D eigenvalue weighted by molar-refractivity contribution is 7.89. The van der Waals surface area contributed by atoms with E-state index >= 15 is 0 Å². The third-order valence-corrected chi connectivity index (χ3v) is 4.29. The predicted molar refractivity (Wildman–Crippen MR) is 66.6 cm³/mol. The van der Waals surface area contributed by atoms with Crippen LogP contribution in [0.2, 0.25) is 0 Å². The lowest BCUT2D eigenvalue weighted by Gasteiger charge is -2.07. The van der Waals surface area contributed by atoms with Crippen LogP contribution in [0.4, 0.5) is 0 Å². The molecule has 1 amide bonds. The number of carbonyl (C=O) groups is 2. The van der Waals surface area contributed by atoms with Gasteiger partial charge in [0.05, 0.1) is 12.2 Å². The van der Waals surface area contributed by atoms with Gasteiger partial charge in [0, 0.05) is 6.04 Å². The molecule has 20 heavy (non-hydrogen) atoms. The molecule has 1 aromatic rings. The molecule has 9 nitrogen and oxygen atoms in total. The zero-order chi connectivity index (χ0) is 14.9. The van der Waals surface area contributed by atoms with Gasteiger partial charge in [-0.2, -0.15) is 5.10 Å². The fourth-order valence-electron chi connectivity index (χ4n) is 1.63. The number of carbonyl (C=O) groups excluding carboxylic acids is 1. The van der Waals surface area contributed by atoms with E-state index < -0.39 is 39.0 Å². The molecule has 0 spiro atoms. The molecule has 2 rings (SSSR count). The van der Waals surface area contributed by atoms with E-state index in [2.05, 4.69) is 20.2 Å². The highest BCUT2D eigenvalue weighted by atomic mass is 32.2. The van der Waals surface area contributed by atoms with Crippen molar-refractivity contribution >= 4 is 21.9 Å². The average Bonchev–Trinajstić information content (AvgIpc) is 3.06. The van der Waals surface area contributed by atoms with Crippen LogP contribution in [0.1, 0.15) is 29.0 Å². The maximum Gasteiger partial charge on any atom is 0.357 e. The Morgan fingerprint density at radius 3 is 2.65 bits per heavy atom. The van der Waals surface area contributed by atoms with Gasteiger partial charge in [-0.3, -0.25) is 9.89 Å². The Bertz CT molecular complexity index is 647. The quantitative estimate of drug-likeness (QED) is 0.529. The van der Waals surface area contributed by atoms with Crippen molar-refractivity contribution in [2.24, 2.45) is 0 Å². The number of nitrogens with one attached hydrogen (secondary N) is 3. The van der Waals surface area contributed by atoms with Crippen molar-refractivity contribution in [2.45, 2.75) is 30.7 Å². The van der Waals surface area contributed by atoms with E-state index in [1.807, 2.05) is 0 Å². The average molecular weight is 302 g/mol. The van der Waals surface area contributed by atoms with Crippen LogP contribution in [0.15, 0.2) is 4.90 Å². The number of hydrogen-bond acceptors (Lipinski definition) is 5. The lowest BCUT2D eigenvalue weighted by atomic mass is 10.4. The Kier molecular flexibility index (Phi) is 3.77. The fraction of sp³-hybridized carbons (Fsp3) is 0.500. The third kappa shape index (κ3) is 3.14. The molecule has 1 saturated carbocycles. The van der Waals surface area contributed by atoms with Crippen LogP contribution in [-0.2, 0) is 14.8 Å². The molecule has 0 radical (unpaired) electrons. The Morgan fingerprint density at radius 2 is 2.10 bits per heavy atom. The molecular formula is C10H14N4O5S. The summed E-state index contributed by atoms with van der Waals surface area (Å²) in [5, 5.41) is 17.2. The molecule has 1 fully saturated rings. The second kappa shape index (κ2) is 5.21. The summed E-state index contributed by atoms with van der Waals surface area (Å²) in [4.78, 5) is 21.9. The maximum atomic E-state index is 12.0. The minimum atomic E-state index is -4.12. The van der Waals surface area contributed by atoms with Gasteiger partial charge in [0.1, 0.15) is 4.90 Å². The van der Waals surface area contributed by atoms with Crippen LogP contribution in [-0.4, -0.2) is 48.2 Å². The first-order valence-corrected chi connectivity index (χ1v) is 7.37. The smallest absolute Gasteiger partial charge is 0.357 e. The minimum Gasteiger partial charge on any atom is -0.476 e. The largest absolute Gasteiger partial charge is 0.476 e. The molecule has 1 heterocycles. The van der Waals surface area contributed by atoms with Crippen molar-refractivity contribution in [2.75, 3.05) is 6.54 Å². The summed E-state index contributed by atoms with van der Waals surface area (Å²) >= 11 is 0. The van der Waals surface area contributed by atoms with Crippen molar-refractivity contribution in [1.82, 2.24) is 20.2 Å². The highest BCUT2D eigenvalue weighted by Gasteiger charge is 2.29. The summed E-state index contributed by atoms with van der Waals surface area (Å²) in [6.07, 6.45) is 1.78. The van der Waals surface area contributed by atoms with Gasteiger partial charge in [0.15, 0.2) is 5.69 Å². The van der Waals surface area contributed by atoms with Crippen molar-refractivity contribution < 1.29 is 23.1 Å². The van der Waals surface area contributed by atoms with E-state index in [-0.39, 0.29) is 11.7 Å². The number of aromatic nitrogens is 2. The van der Waals surface area contributed by atoms with Crippen molar-refractivity contribution in [1.29, 1.82) is 0 Å². The summed E-state index contributed by atoms with van der Waals surface area (Å²) in [5.41, 5.74) is -0.505. The number of rotatable bonds is 6. The first kappa shape index (κ1) is 14.5. The first-order valence-electron chi connectivity index (χ1n) is 5.88. The molecule has 0 aromatic carbocycles. The summed E-state index contributed by atoms with van der Waals surface area (Å²) in [6, 6.07) is 0.122. The Morgan fingerprint density at radius 1 is 1.45 bits per heavy atom. The number of aromatic amines is 1. The van der Waals surface area contributed by atoms with E-state index in [0.717, 1.165) is 12.8 Å². The number of nitrogens with zero attached hydrogens (tertiary/aromatic N) is 1. The van der Waals surface area contributed by atoms with Gasteiger partial charge in [0.25, 0.3) is 0 Å². The van der Waals surface area contributed by atoms with Gasteiger partial charge < -0.3 is 10.4 Å². The number of H-pyrrole nitrogens is 1. The van der Waals surface area contributed by atoms with Crippen LogP contribution in [0.5, 0.6) is 0 Å². The Hall–Kier alpha value is -1.94. The van der Waals surface area contributed by atoms with Crippen LogP contribution in [0.3, 0.4) is 0 Å². The minimum absolute atomic E-state index is 0.0949. The normalized spacial score (nSPS) is 15.1. The number of sulfonamides is 1. The van der Waals surface area contributed by atoms with E-state index in [4.69, 9.17) is 5.11 Å². The molecule has 0 bridgehead atoms. The number of aryl methyl sites for hydroxylation is 1. The third-order valence-electron chi connectivity index (χ3n) is 2.73. The number of carboxylic acids is 1. The molecule has 1 aromatic heterocycles. The summed E-state index contributed by atoms with van der Waals surface area (Å²) in [7, 11) is -4.12. The van der Waals surface area contributed by atoms with E-state index in [0.29, 0.717) is 0 Å². The van der Waals surface area contributed by atoms with Gasteiger partial charge in [-0.1, -0.05) is 0 Å². The molecule has 0 saturated heterocycles. The monoisotopic (exact) mass is 302 g/mol. The zero-order valence-electron chi connectivity index (χ0n) is 10.6. The fourth-order valence-corrected chi connectivity index (χ4v) is 2.93. The molecule has 4 N–H and O–H groups in total. The Balaban J connectivity index is 2.11. The predicted octanol–water partition coefficient (Wildman–Crippen LogP) is -1.03. The second-order valence-electron chi connectivity index (χ2n) is 4.50. The Labute approximate surface area is 114 Å². The van der Waals surface area contributed by atoms with Gasteiger partial charge in [0.2, 0.25) is 15.9 Å². The molecule has 0 unspecified atom stereocenters. The van der Waals surface area contributed by atoms with E-state index in [1.54, 1.807) is 0 Å². The first-order chi connectivity index (χ1) is 9.31. The van der Waals surface area contributed by atoms with E-state index in [1.165, 1.54) is 6.92 Å². The lowest BCUT2D eigenvalue weighted by Crippen LogP contribution is -2.38. The molecular weight excluding hydrogens is 288 g/mol. The van der Waals surface area contributed by atoms with Crippen LogP contribution < -0.4 is 10.0 Å².